The summed E-state index contributed by atoms with van der Waals surface area (Å²) < 4.78 is 0. The number of aryl methyl sites for hydroxylation is 2. The summed E-state index contributed by atoms with van der Waals surface area (Å²) in [5.74, 6) is 0. The molecule has 1 aromatic heterocycles. The Morgan fingerprint density at radius 3 is 2.33 bits per heavy atom. The summed E-state index contributed by atoms with van der Waals surface area (Å²) in [5, 5.41) is -0.236. The molecule has 0 fully saturated rings. The van der Waals surface area contributed by atoms with Gasteiger partial charge in [-0.25, -0.2) is 0 Å². The standard InChI is InChI=1S/C14H13NO2S/c1-9-3-6-11(7-4-9)18-14(17)12-8-5-10(2)15-13(12)16/h3-8H,1-2H3,(H,15,16). The van der Waals surface area contributed by atoms with Gasteiger partial charge in [-0.2, -0.15) is 0 Å². The monoisotopic (exact) mass is 259 g/mol. The van der Waals surface area contributed by atoms with Crippen LogP contribution in [0.3, 0.4) is 0 Å². The third-order valence-electron chi connectivity index (χ3n) is 2.51. The van der Waals surface area contributed by atoms with Gasteiger partial charge in [0.2, 0.25) is 5.12 Å². The Morgan fingerprint density at radius 1 is 1.06 bits per heavy atom. The molecule has 0 unspecified atom stereocenters. The number of rotatable bonds is 2. The van der Waals surface area contributed by atoms with Gasteiger partial charge in [0.05, 0.1) is 5.56 Å². The second kappa shape index (κ2) is 5.23. The molecular weight excluding hydrogens is 246 g/mol. The van der Waals surface area contributed by atoms with E-state index in [1.807, 2.05) is 31.2 Å². The van der Waals surface area contributed by atoms with E-state index in [9.17, 15) is 9.59 Å². The summed E-state index contributed by atoms with van der Waals surface area (Å²) in [4.78, 5) is 27.1. The highest BCUT2D eigenvalue weighted by atomic mass is 32.2. The van der Waals surface area contributed by atoms with E-state index in [1.54, 1.807) is 19.1 Å². The molecule has 0 atom stereocenters. The number of hydrogen-bond acceptors (Lipinski definition) is 3. The van der Waals surface area contributed by atoms with Crippen LogP contribution in [0.1, 0.15) is 21.6 Å². The maximum Gasteiger partial charge on any atom is 0.259 e. The minimum atomic E-state index is -0.334. The molecule has 0 aliphatic rings. The first-order chi connectivity index (χ1) is 8.56. The van der Waals surface area contributed by atoms with E-state index in [1.165, 1.54) is 0 Å². The normalized spacial score (nSPS) is 10.3. The van der Waals surface area contributed by atoms with Crippen LogP contribution in [-0.2, 0) is 0 Å². The lowest BCUT2D eigenvalue weighted by Crippen LogP contribution is -2.16. The Hall–Kier alpha value is -1.81. The number of nitrogens with one attached hydrogen (secondary N) is 1. The van der Waals surface area contributed by atoms with Crippen LogP contribution >= 0.6 is 11.8 Å². The van der Waals surface area contributed by atoms with Crippen molar-refractivity contribution in [2.75, 3.05) is 0 Å². The van der Waals surface area contributed by atoms with E-state index < -0.39 is 0 Å². The van der Waals surface area contributed by atoms with Crippen LogP contribution < -0.4 is 5.56 Å². The van der Waals surface area contributed by atoms with Gasteiger partial charge in [0.1, 0.15) is 0 Å². The Morgan fingerprint density at radius 2 is 1.72 bits per heavy atom. The van der Waals surface area contributed by atoms with Crippen molar-refractivity contribution in [1.29, 1.82) is 0 Å². The molecule has 18 heavy (non-hydrogen) atoms. The minimum absolute atomic E-state index is 0.186. The van der Waals surface area contributed by atoms with Crippen molar-refractivity contribution >= 4 is 16.9 Å². The molecule has 0 spiro atoms. The highest BCUT2D eigenvalue weighted by Gasteiger charge is 2.12. The summed E-state index contributed by atoms with van der Waals surface area (Å²) in [6, 6.07) is 10.9. The van der Waals surface area contributed by atoms with Gasteiger partial charge in [-0.3, -0.25) is 9.59 Å². The zero-order valence-corrected chi connectivity index (χ0v) is 11.0. The fourth-order valence-corrected chi connectivity index (χ4v) is 2.26. The molecule has 0 saturated heterocycles. The first-order valence-corrected chi connectivity index (χ1v) is 6.37. The SMILES string of the molecule is Cc1ccc(SC(=O)c2ccc(C)[nH]c2=O)cc1. The number of aromatic nitrogens is 1. The van der Waals surface area contributed by atoms with Gasteiger partial charge in [0.25, 0.3) is 5.56 Å². The van der Waals surface area contributed by atoms with Crippen LogP contribution in [-0.4, -0.2) is 10.1 Å². The lowest BCUT2D eigenvalue weighted by Gasteiger charge is -2.01. The average Bonchev–Trinajstić information content (AvgIpc) is 2.32. The van der Waals surface area contributed by atoms with Crippen molar-refractivity contribution in [3.05, 3.63) is 63.6 Å². The number of H-pyrrole nitrogens is 1. The number of benzene rings is 1. The highest BCUT2D eigenvalue weighted by Crippen LogP contribution is 2.21. The first-order valence-electron chi connectivity index (χ1n) is 5.55. The number of carbonyl (C=O) groups excluding carboxylic acids is 1. The smallest absolute Gasteiger partial charge is 0.259 e. The third kappa shape index (κ3) is 2.90. The Balaban J connectivity index is 2.22. The fraction of sp³-hybridized carbons (Fsp3) is 0.143. The Kier molecular flexibility index (Phi) is 3.67. The number of pyridine rings is 1. The van der Waals surface area contributed by atoms with Gasteiger partial charge in [-0.1, -0.05) is 17.7 Å². The quantitative estimate of drug-likeness (QED) is 0.844. The second-order valence-electron chi connectivity index (χ2n) is 4.09. The second-order valence-corrected chi connectivity index (χ2v) is 5.13. The van der Waals surface area contributed by atoms with Crippen LogP contribution in [0.25, 0.3) is 0 Å². The van der Waals surface area contributed by atoms with E-state index in [0.717, 1.165) is 27.9 Å². The molecular formula is C14H13NO2S. The van der Waals surface area contributed by atoms with Crippen LogP contribution in [0.5, 0.6) is 0 Å². The molecule has 0 amide bonds. The lowest BCUT2D eigenvalue weighted by molar-refractivity contribution is 0.108. The van der Waals surface area contributed by atoms with Crippen molar-refractivity contribution in [2.24, 2.45) is 0 Å². The van der Waals surface area contributed by atoms with Crippen LogP contribution in [0.15, 0.2) is 46.1 Å². The molecule has 0 radical (unpaired) electrons. The number of aromatic amines is 1. The van der Waals surface area contributed by atoms with E-state index in [4.69, 9.17) is 0 Å². The molecule has 92 valence electrons. The van der Waals surface area contributed by atoms with Crippen molar-refractivity contribution in [1.82, 2.24) is 4.98 Å². The van der Waals surface area contributed by atoms with Gasteiger partial charge in [-0.15, -0.1) is 0 Å². The minimum Gasteiger partial charge on any atom is -0.326 e. The van der Waals surface area contributed by atoms with Crippen LogP contribution in [0.4, 0.5) is 0 Å². The Labute approximate surface area is 109 Å². The Bertz CT molecular complexity index is 629. The predicted octanol–water partition coefficient (Wildman–Crippen LogP) is 2.92. The zero-order valence-electron chi connectivity index (χ0n) is 10.2. The number of thioether (sulfide) groups is 1. The topological polar surface area (TPSA) is 49.9 Å². The molecule has 0 saturated carbocycles. The van der Waals surface area contributed by atoms with Crippen molar-refractivity contribution in [2.45, 2.75) is 18.7 Å². The van der Waals surface area contributed by atoms with Crippen molar-refractivity contribution in [3.8, 4) is 0 Å². The van der Waals surface area contributed by atoms with E-state index in [2.05, 4.69) is 4.98 Å². The summed E-state index contributed by atoms with van der Waals surface area (Å²) in [7, 11) is 0. The van der Waals surface area contributed by atoms with E-state index in [0.29, 0.717) is 0 Å². The van der Waals surface area contributed by atoms with Crippen molar-refractivity contribution < 1.29 is 4.79 Å². The van der Waals surface area contributed by atoms with Gasteiger partial charge < -0.3 is 4.98 Å². The molecule has 1 N–H and O–H groups in total. The predicted molar refractivity (Wildman–Crippen MR) is 73.2 cm³/mol. The van der Waals surface area contributed by atoms with Gasteiger partial charge in [0, 0.05) is 10.6 Å². The maximum atomic E-state index is 12.0. The maximum absolute atomic E-state index is 12.0. The van der Waals surface area contributed by atoms with Crippen molar-refractivity contribution in [3.63, 3.8) is 0 Å². The third-order valence-corrected chi connectivity index (χ3v) is 3.42. The summed E-state index contributed by atoms with van der Waals surface area (Å²) >= 11 is 1.07. The van der Waals surface area contributed by atoms with Gasteiger partial charge in [-0.05, 0) is 49.9 Å². The molecule has 2 aromatic rings. The highest BCUT2D eigenvalue weighted by molar-refractivity contribution is 8.14. The first kappa shape index (κ1) is 12.6. The zero-order chi connectivity index (χ0) is 13.1. The molecule has 0 aliphatic carbocycles. The molecule has 4 heteroatoms. The lowest BCUT2D eigenvalue weighted by atomic mass is 10.2. The van der Waals surface area contributed by atoms with E-state index in [-0.39, 0.29) is 16.2 Å². The molecule has 3 nitrogen and oxygen atoms in total. The number of carbonyl (C=O) groups is 1. The molecule has 0 bridgehead atoms. The average molecular weight is 259 g/mol. The molecule has 1 heterocycles. The summed E-state index contributed by atoms with van der Waals surface area (Å²) in [5.41, 5.74) is 1.74. The van der Waals surface area contributed by atoms with Gasteiger partial charge >= 0.3 is 0 Å². The molecule has 0 aliphatic heterocycles. The largest absolute Gasteiger partial charge is 0.326 e. The molecule has 1 aromatic carbocycles. The number of hydrogen-bond donors (Lipinski definition) is 1. The summed E-state index contributed by atoms with van der Waals surface area (Å²) in [6.07, 6.45) is 0. The van der Waals surface area contributed by atoms with Crippen LogP contribution in [0, 0.1) is 13.8 Å². The fourth-order valence-electron chi connectivity index (χ4n) is 1.50. The van der Waals surface area contributed by atoms with Gasteiger partial charge in [0.15, 0.2) is 0 Å². The van der Waals surface area contributed by atoms with Crippen LogP contribution in [0.2, 0.25) is 0 Å². The molecule has 2 rings (SSSR count). The van der Waals surface area contributed by atoms with E-state index >= 15 is 0 Å². The summed E-state index contributed by atoms with van der Waals surface area (Å²) in [6.45, 7) is 3.77.